The second kappa shape index (κ2) is 9.27. The van der Waals surface area contributed by atoms with E-state index in [-0.39, 0.29) is 23.3 Å². The number of rotatable bonds is 4. The van der Waals surface area contributed by atoms with Crippen molar-refractivity contribution < 1.29 is 27.5 Å². The molecule has 2 N–H and O–H groups in total. The molecule has 0 radical (unpaired) electrons. The fourth-order valence-electron chi connectivity index (χ4n) is 2.01. The SMILES string of the molecule is COc1ccccc1CN=C(NOC(C)=O)Nc1ncc(C(F)(F)F)cc1Cl. The van der Waals surface area contributed by atoms with Gasteiger partial charge in [-0.3, -0.25) is 4.79 Å². The number of anilines is 1. The number of methoxy groups -OCH3 is 1. The maximum Gasteiger partial charge on any atom is 0.417 e. The van der Waals surface area contributed by atoms with Crippen LogP contribution < -0.4 is 15.5 Å². The van der Waals surface area contributed by atoms with Crippen molar-refractivity contribution in [1.29, 1.82) is 0 Å². The van der Waals surface area contributed by atoms with Gasteiger partial charge in [-0.1, -0.05) is 29.8 Å². The highest BCUT2D eigenvalue weighted by Crippen LogP contribution is 2.32. The van der Waals surface area contributed by atoms with Crippen LogP contribution in [0.25, 0.3) is 0 Å². The van der Waals surface area contributed by atoms with E-state index in [2.05, 4.69) is 25.6 Å². The molecule has 28 heavy (non-hydrogen) atoms. The summed E-state index contributed by atoms with van der Waals surface area (Å²) in [5.41, 5.74) is 2.00. The number of carbonyl (C=O) groups is 1. The fraction of sp³-hybridized carbons (Fsp3) is 0.235. The molecule has 0 aliphatic rings. The molecule has 0 aliphatic carbocycles. The Kier molecular flexibility index (Phi) is 7.05. The summed E-state index contributed by atoms with van der Waals surface area (Å²) >= 11 is 5.87. The molecule has 0 unspecified atom stereocenters. The molecular formula is C17H16ClF3N4O3. The Bertz CT molecular complexity index is 875. The lowest BCUT2D eigenvalue weighted by atomic mass is 10.2. The van der Waals surface area contributed by atoms with Gasteiger partial charge in [-0.25, -0.2) is 9.98 Å². The van der Waals surface area contributed by atoms with Crippen molar-refractivity contribution in [2.24, 2.45) is 4.99 Å². The molecule has 0 bridgehead atoms. The molecule has 7 nitrogen and oxygen atoms in total. The number of hydrogen-bond donors (Lipinski definition) is 2. The van der Waals surface area contributed by atoms with Crippen LogP contribution >= 0.6 is 11.6 Å². The van der Waals surface area contributed by atoms with Crippen LogP contribution in [-0.2, 0) is 22.4 Å². The van der Waals surface area contributed by atoms with Gasteiger partial charge in [0.25, 0.3) is 0 Å². The Morgan fingerprint density at radius 1 is 1.32 bits per heavy atom. The van der Waals surface area contributed by atoms with Gasteiger partial charge < -0.3 is 14.9 Å². The van der Waals surface area contributed by atoms with Crippen LogP contribution in [0.1, 0.15) is 18.1 Å². The molecule has 2 rings (SSSR count). The van der Waals surface area contributed by atoms with Gasteiger partial charge in [-0.05, 0) is 12.1 Å². The normalized spacial score (nSPS) is 11.7. The van der Waals surface area contributed by atoms with Gasteiger partial charge in [0.15, 0.2) is 5.82 Å². The van der Waals surface area contributed by atoms with Crippen LogP contribution in [0.3, 0.4) is 0 Å². The first kappa shape index (κ1) is 21.3. The monoisotopic (exact) mass is 416 g/mol. The first-order valence-corrected chi connectivity index (χ1v) is 8.18. The predicted molar refractivity (Wildman–Crippen MR) is 96.9 cm³/mol. The smallest absolute Gasteiger partial charge is 0.417 e. The molecule has 0 saturated carbocycles. The summed E-state index contributed by atoms with van der Waals surface area (Å²) in [5, 5.41) is 2.31. The second-order valence-electron chi connectivity index (χ2n) is 5.35. The molecule has 11 heteroatoms. The van der Waals surface area contributed by atoms with Crippen LogP contribution in [0.4, 0.5) is 19.0 Å². The van der Waals surface area contributed by atoms with Crippen LogP contribution in [0.15, 0.2) is 41.5 Å². The standard InChI is InChI=1S/C17H16ClF3N4O3/c1-10(26)28-25-16(23-8-11-5-3-4-6-14(11)27-2)24-15-13(18)7-12(9-22-15)17(19,20)21/h3-7,9H,8H2,1-2H3,(H2,22,23,24,25). The van der Waals surface area contributed by atoms with Gasteiger partial charge in [-0.15, -0.1) is 0 Å². The number of hydroxylamine groups is 1. The summed E-state index contributed by atoms with van der Waals surface area (Å²) in [4.78, 5) is 23.6. The minimum atomic E-state index is -4.58. The Morgan fingerprint density at radius 3 is 2.64 bits per heavy atom. The molecular weight excluding hydrogens is 401 g/mol. The highest BCUT2D eigenvalue weighted by atomic mass is 35.5. The highest BCUT2D eigenvalue weighted by Gasteiger charge is 2.31. The molecule has 2 aromatic rings. The molecule has 0 fully saturated rings. The van der Waals surface area contributed by atoms with E-state index < -0.39 is 17.7 Å². The average Bonchev–Trinajstić information content (AvgIpc) is 2.64. The summed E-state index contributed by atoms with van der Waals surface area (Å²) in [6.07, 6.45) is -3.95. The van der Waals surface area contributed by atoms with Crippen LogP contribution in [0.5, 0.6) is 5.75 Å². The Labute approximate surface area is 163 Å². The summed E-state index contributed by atoms with van der Waals surface area (Å²) in [7, 11) is 1.50. The number of nitrogens with zero attached hydrogens (tertiary/aromatic N) is 2. The zero-order valence-corrected chi connectivity index (χ0v) is 15.6. The van der Waals surface area contributed by atoms with Crippen molar-refractivity contribution in [3.05, 3.63) is 52.7 Å². The first-order valence-electron chi connectivity index (χ1n) is 7.80. The van der Waals surface area contributed by atoms with Crippen molar-refractivity contribution in [1.82, 2.24) is 10.5 Å². The van der Waals surface area contributed by atoms with E-state index in [9.17, 15) is 18.0 Å². The molecule has 1 heterocycles. The number of aromatic nitrogens is 1. The van der Waals surface area contributed by atoms with Crippen molar-refractivity contribution in [2.45, 2.75) is 19.6 Å². The Morgan fingerprint density at radius 2 is 2.04 bits per heavy atom. The van der Waals surface area contributed by atoms with Gasteiger partial charge in [0, 0.05) is 18.7 Å². The summed E-state index contributed by atoms with van der Waals surface area (Å²) in [6.45, 7) is 1.27. The predicted octanol–water partition coefficient (Wildman–Crippen LogP) is 3.80. The van der Waals surface area contributed by atoms with Gasteiger partial charge in [0.05, 0.1) is 24.2 Å². The third-order valence-corrected chi connectivity index (χ3v) is 3.58. The summed E-state index contributed by atoms with van der Waals surface area (Å²) < 4.78 is 43.4. The summed E-state index contributed by atoms with van der Waals surface area (Å²) in [6, 6.07) is 7.81. The Balaban J connectivity index is 2.24. The number of alkyl halides is 3. The van der Waals surface area contributed by atoms with E-state index in [0.717, 1.165) is 18.6 Å². The number of benzene rings is 1. The highest BCUT2D eigenvalue weighted by molar-refractivity contribution is 6.33. The molecule has 0 amide bonds. The minimum absolute atomic E-state index is 0.0877. The molecule has 1 aromatic carbocycles. The van der Waals surface area contributed by atoms with E-state index in [1.54, 1.807) is 24.3 Å². The zero-order chi connectivity index (χ0) is 20.7. The lowest BCUT2D eigenvalue weighted by Crippen LogP contribution is -2.33. The fourth-order valence-corrected chi connectivity index (χ4v) is 2.23. The molecule has 0 atom stereocenters. The first-order chi connectivity index (χ1) is 13.2. The molecule has 1 aromatic heterocycles. The van der Waals surface area contributed by atoms with E-state index in [1.165, 1.54) is 7.11 Å². The molecule has 0 aliphatic heterocycles. The summed E-state index contributed by atoms with van der Waals surface area (Å²) in [5.74, 6) is -0.259. The number of halogens is 4. The second-order valence-corrected chi connectivity index (χ2v) is 5.76. The van der Waals surface area contributed by atoms with E-state index >= 15 is 0 Å². The molecule has 0 spiro atoms. The number of pyridine rings is 1. The Hall–Kier alpha value is -3.01. The quantitative estimate of drug-likeness (QED) is 0.448. The van der Waals surface area contributed by atoms with Crippen LogP contribution in [0.2, 0.25) is 5.02 Å². The van der Waals surface area contributed by atoms with Gasteiger partial charge in [-0.2, -0.15) is 18.7 Å². The van der Waals surface area contributed by atoms with Crippen molar-refractivity contribution in [3.8, 4) is 5.75 Å². The number of nitrogens with one attached hydrogen (secondary N) is 2. The van der Waals surface area contributed by atoms with Crippen molar-refractivity contribution in [2.75, 3.05) is 12.4 Å². The zero-order valence-electron chi connectivity index (χ0n) is 14.8. The molecule has 0 saturated heterocycles. The third kappa shape index (κ3) is 6.02. The number of para-hydroxylation sites is 1. The van der Waals surface area contributed by atoms with Crippen LogP contribution in [0, 0.1) is 0 Å². The largest absolute Gasteiger partial charge is 0.496 e. The minimum Gasteiger partial charge on any atom is -0.496 e. The van der Waals surface area contributed by atoms with Crippen LogP contribution in [-0.4, -0.2) is 24.0 Å². The van der Waals surface area contributed by atoms with Gasteiger partial charge >= 0.3 is 12.1 Å². The number of carbonyl (C=O) groups excluding carboxylic acids is 1. The average molecular weight is 417 g/mol. The topological polar surface area (TPSA) is 84.8 Å². The third-order valence-electron chi connectivity index (χ3n) is 3.30. The number of ether oxygens (including phenoxy) is 1. The number of guanidine groups is 1. The lowest BCUT2D eigenvalue weighted by molar-refractivity contribution is -0.145. The number of hydrogen-bond acceptors (Lipinski definition) is 5. The van der Waals surface area contributed by atoms with E-state index in [0.29, 0.717) is 11.9 Å². The lowest BCUT2D eigenvalue weighted by Gasteiger charge is -2.14. The van der Waals surface area contributed by atoms with Crippen molar-refractivity contribution >= 4 is 29.3 Å². The maximum atomic E-state index is 12.7. The maximum absolute atomic E-state index is 12.7. The van der Waals surface area contributed by atoms with Crippen molar-refractivity contribution in [3.63, 3.8) is 0 Å². The van der Waals surface area contributed by atoms with E-state index in [1.807, 2.05) is 0 Å². The van der Waals surface area contributed by atoms with Gasteiger partial charge in [0.2, 0.25) is 5.96 Å². The van der Waals surface area contributed by atoms with Gasteiger partial charge in [0.1, 0.15) is 5.75 Å². The van der Waals surface area contributed by atoms with E-state index in [4.69, 9.17) is 16.3 Å². The molecule has 150 valence electrons. The number of aliphatic imine (C=N–C) groups is 1.